The van der Waals surface area contributed by atoms with Crippen molar-refractivity contribution in [2.24, 2.45) is 0 Å². The van der Waals surface area contributed by atoms with Gasteiger partial charge >= 0.3 is 0 Å². The van der Waals surface area contributed by atoms with E-state index in [1.807, 2.05) is 17.4 Å². The quantitative estimate of drug-likeness (QED) is 0.160. The molecule has 290 valence electrons. The van der Waals surface area contributed by atoms with E-state index in [0.717, 1.165) is 39.2 Å². The molecule has 0 atom stereocenters. The van der Waals surface area contributed by atoms with E-state index >= 15 is 0 Å². The second-order valence-electron chi connectivity index (χ2n) is 16.0. The van der Waals surface area contributed by atoms with Gasteiger partial charge in [-0.05, 0) is 79.9 Å². The van der Waals surface area contributed by atoms with E-state index in [-0.39, 0.29) is 0 Å². The van der Waals surface area contributed by atoms with Crippen molar-refractivity contribution in [1.82, 2.24) is 9.97 Å². The third-order valence-corrected chi connectivity index (χ3v) is 13.8. The highest BCUT2D eigenvalue weighted by Crippen LogP contribution is 2.56. The lowest BCUT2D eigenvalue weighted by Crippen LogP contribution is -2.28. The van der Waals surface area contributed by atoms with E-state index in [4.69, 9.17) is 9.97 Å². The molecule has 0 amide bonds. The van der Waals surface area contributed by atoms with Crippen molar-refractivity contribution >= 4 is 31.5 Å². The first kappa shape index (κ1) is 36.2. The first-order valence-electron chi connectivity index (χ1n) is 21.1. The van der Waals surface area contributed by atoms with E-state index in [1.165, 1.54) is 64.7 Å². The van der Waals surface area contributed by atoms with Crippen LogP contribution in [-0.4, -0.2) is 9.97 Å². The van der Waals surface area contributed by atoms with E-state index in [0.29, 0.717) is 5.82 Å². The number of aromatic nitrogens is 2. The molecule has 0 saturated carbocycles. The van der Waals surface area contributed by atoms with Crippen LogP contribution in [0.25, 0.3) is 87.5 Å². The average molecular weight is 807 g/mol. The fraction of sp³-hybridized carbons (Fsp3) is 0.0169. The molecular formula is C59H38N2S. The summed E-state index contributed by atoms with van der Waals surface area (Å²) in [5, 5.41) is 2.61. The SMILES string of the molecule is c1ccc(-c2nc(-c3ccc4c(c3)C(c3ccccc3)(c3ccccc3)c3ccccc3-4)cc(-c3ccccc3-c3cccc(-c4cccc5c4sc4ccccc45)c3)n2)cc1. The van der Waals surface area contributed by atoms with Crippen LogP contribution in [0.3, 0.4) is 0 Å². The standard InChI is InChI=1S/C59H38N2S/c1-4-18-39(19-5-1)58-60-54(42-34-35-48-47-27-12-14-32-52(47)59(53(48)37-42,43-22-6-2-7-23-43)44-24-8-3-9-25-44)38-55(61-58)49-28-11-10-26-45(49)40-20-16-21-41(36-40)46-30-17-31-51-50-29-13-15-33-56(50)62-57(46)51/h1-38H. The molecule has 0 saturated heterocycles. The zero-order valence-electron chi connectivity index (χ0n) is 33.7. The van der Waals surface area contributed by atoms with E-state index < -0.39 is 5.41 Å². The topological polar surface area (TPSA) is 25.8 Å². The van der Waals surface area contributed by atoms with Crippen molar-refractivity contribution in [3.63, 3.8) is 0 Å². The minimum Gasteiger partial charge on any atom is -0.228 e. The lowest BCUT2D eigenvalue weighted by atomic mass is 9.67. The molecule has 3 heteroatoms. The predicted octanol–water partition coefficient (Wildman–Crippen LogP) is 15.5. The number of hydrogen-bond donors (Lipinski definition) is 0. The van der Waals surface area contributed by atoms with Crippen LogP contribution in [0.5, 0.6) is 0 Å². The normalized spacial score (nSPS) is 12.6. The molecule has 11 aromatic rings. The molecule has 0 fully saturated rings. The molecular weight excluding hydrogens is 769 g/mol. The zero-order chi connectivity index (χ0) is 41.0. The summed E-state index contributed by atoms with van der Waals surface area (Å²) in [5.74, 6) is 0.694. The molecule has 9 aromatic carbocycles. The van der Waals surface area contributed by atoms with E-state index in [1.54, 1.807) is 0 Å². The van der Waals surface area contributed by atoms with Crippen LogP contribution in [0.15, 0.2) is 231 Å². The van der Waals surface area contributed by atoms with Gasteiger partial charge in [-0.3, -0.25) is 0 Å². The van der Waals surface area contributed by atoms with Crippen molar-refractivity contribution in [1.29, 1.82) is 0 Å². The van der Waals surface area contributed by atoms with Crippen LogP contribution in [0.1, 0.15) is 22.3 Å². The monoisotopic (exact) mass is 806 g/mol. The molecule has 0 unspecified atom stereocenters. The lowest BCUT2D eigenvalue weighted by molar-refractivity contribution is 0.768. The summed E-state index contributed by atoms with van der Waals surface area (Å²) in [4.78, 5) is 10.7. The summed E-state index contributed by atoms with van der Waals surface area (Å²) >= 11 is 1.87. The largest absolute Gasteiger partial charge is 0.228 e. The molecule has 1 aliphatic carbocycles. The second-order valence-corrected chi connectivity index (χ2v) is 17.1. The van der Waals surface area contributed by atoms with Crippen LogP contribution in [0.2, 0.25) is 0 Å². The number of benzene rings is 9. The summed E-state index contributed by atoms with van der Waals surface area (Å²) in [6.45, 7) is 0. The van der Waals surface area contributed by atoms with Gasteiger partial charge in [0, 0.05) is 36.9 Å². The summed E-state index contributed by atoms with van der Waals surface area (Å²) in [7, 11) is 0. The van der Waals surface area contributed by atoms with Gasteiger partial charge in [-0.2, -0.15) is 0 Å². The minimum absolute atomic E-state index is 0.514. The molecule has 2 heterocycles. The van der Waals surface area contributed by atoms with Gasteiger partial charge in [-0.1, -0.05) is 206 Å². The molecule has 2 nitrogen and oxygen atoms in total. The molecule has 0 aliphatic heterocycles. The Morgan fingerprint density at radius 2 is 0.871 bits per heavy atom. The van der Waals surface area contributed by atoms with Crippen LogP contribution in [0.4, 0.5) is 0 Å². The Kier molecular flexibility index (Phi) is 8.62. The Bertz CT molecular complexity index is 3420. The molecule has 2 aromatic heterocycles. The maximum atomic E-state index is 5.36. The van der Waals surface area contributed by atoms with Gasteiger partial charge in [-0.15, -0.1) is 11.3 Å². The number of fused-ring (bicyclic) bond motifs is 6. The summed E-state index contributed by atoms with van der Waals surface area (Å²) in [6, 6.07) is 83.4. The Hall–Kier alpha value is -7.72. The fourth-order valence-electron chi connectivity index (χ4n) is 9.84. The highest BCUT2D eigenvalue weighted by atomic mass is 32.1. The number of hydrogen-bond acceptors (Lipinski definition) is 3. The van der Waals surface area contributed by atoms with Crippen LogP contribution in [0, 0.1) is 0 Å². The first-order chi connectivity index (χ1) is 30.7. The first-order valence-corrected chi connectivity index (χ1v) is 22.0. The maximum absolute atomic E-state index is 5.36. The Balaban J connectivity index is 1.04. The van der Waals surface area contributed by atoms with Crippen molar-refractivity contribution in [3.05, 3.63) is 253 Å². The van der Waals surface area contributed by atoms with Crippen molar-refractivity contribution in [2.75, 3.05) is 0 Å². The average Bonchev–Trinajstić information content (AvgIpc) is 3.88. The second kappa shape index (κ2) is 14.8. The van der Waals surface area contributed by atoms with Gasteiger partial charge < -0.3 is 0 Å². The molecule has 0 bridgehead atoms. The number of nitrogens with zero attached hydrogens (tertiary/aromatic N) is 2. The number of rotatable bonds is 7. The van der Waals surface area contributed by atoms with Gasteiger partial charge in [0.15, 0.2) is 5.82 Å². The minimum atomic E-state index is -0.514. The Labute approximate surface area is 365 Å². The van der Waals surface area contributed by atoms with Gasteiger partial charge in [0.1, 0.15) is 0 Å². The highest BCUT2D eigenvalue weighted by molar-refractivity contribution is 7.26. The van der Waals surface area contributed by atoms with Gasteiger partial charge in [0.2, 0.25) is 0 Å². The molecule has 1 aliphatic rings. The molecule has 12 rings (SSSR count). The third-order valence-electron chi connectivity index (χ3n) is 12.6. The van der Waals surface area contributed by atoms with Crippen LogP contribution in [-0.2, 0) is 5.41 Å². The van der Waals surface area contributed by atoms with Crippen LogP contribution < -0.4 is 0 Å². The molecule has 0 radical (unpaired) electrons. The van der Waals surface area contributed by atoms with Crippen LogP contribution >= 0.6 is 11.3 Å². The van der Waals surface area contributed by atoms with Crippen molar-refractivity contribution in [2.45, 2.75) is 5.41 Å². The van der Waals surface area contributed by atoms with Gasteiger partial charge in [0.05, 0.1) is 16.8 Å². The van der Waals surface area contributed by atoms with E-state index in [9.17, 15) is 0 Å². The lowest BCUT2D eigenvalue weighted by Gasteiger charge is -2.34. The van der Waals surface area contributed by atoms with E-state index in [2.05, 4.69) is 224 Å². The number of thiophene rings is 1. The summed E-state index contributed by atoms with van der Waals surface area (Å²) in [6.07, 6.45) is 0. The highest BCUT2D eigenvalue weighted by Gasteiger charge is 2.46. The predicted molar refractivity (Wildman–Crippen MR) is 259 cm³/mol. The Morgan fingerprint density at radius 1 is 0.323 bits per heavy atom. The molecule has 62 heavy (non-hydrogen) atoms. The smallest absolute Gasteiger partial charge is 0.160 e. The molecule has 0 spiro atoms. The summed E-state index contributed by atoms with van der Waals surface area (Å²) < 4.78 is 2.62. The van der Waals surface area contributed by atoms with Gasteiger partial charge in [0.25, 0.3) is 0 Å². The molecule has 0 N–H and O–H groups in total. The zero-order valence-corrected chi connectivity index (χ0v) is 34.6. The van der Waals surface area contributed by atoms with Gasteiger partial charge in [-0.25, -0.2) is 9.97 Å². The van der Waals surface area contributed by atoms with Crippen molar-refractivity contribution < 1.29 is 0 Å². The maximum Gasteiger partial charge on any atom is 0.160 e. The Morgan fingerprint density at radius 3 is 1.65 bits per heavy atom. The summed E-state index contributed by atoms with van der Waals surface area (Å²) in [5.41, 5.74) is 16.5. The third kappa shape index (κ3) is 5.78. The fourth-order valence-corrected chi connectivity index (χ4v) is 11.1. The van der Waals surface area contributed by atoms with Crippen molar-refractivity contribution in [3.8, 4) is 67.3 Å².